The van der Waals surface area contributed by atoms with Crippen molar-refractivity contribution >= 4 is 34.8 Å². The molecule has 1 aromatic heterocycles. The van der Waals surface area contributed by atoms with Crippen LogP contribution in [0.25, 0.3) is 0 Å². The zero-order valence-corrected chi connectivity index (χ0v) is 14.3. The molecule has 1 heterocycles. The molecule has 1 N–H and O–H groups in total. The fourth-order valence-electron chi connectivity index (χ4n) is 2.04. The maximum Gasteiger partial charge on any atom is 0.276 e. The molecular formula is C17H12Cl2FN3O2. The first kappa shape index (κ1) is 17.3. The molecule has 5 nitrogen and oxygen atoms in total. The Morgan fingerprint density at radius 2 is 1.96 bits per heavy atom. The lowest BCUT2D eigenvalue weighted by Gasteiger charge is -2.07. The zero-order valence-electron chi connectivity index (χ0n) is 12.7. The number of para-hydroxylation sites is 1. The number of rotatable bonds is 5. The van der Waals surface area contributed by atoms with Crippen LogP contribution in [-0.4, -0.2) is 15.7 Å². The highest BCUT2D eigenvalue weighted by Gasteiger charge is 2.13. The van der Waals surface area contributed by atoms with Crippen molar-refractivity contribution < 1.29 is 13.9 Å². The number of hydrogen-bond acceptors (Lipinski definition) is 3. The summed E-state index contributed by atoms with van der Waals surface area (Å²) in [6.07, 6.45) is 1.55. The van der Waals surface area contributed by atoms with Crippen molar-refractivity contribution in [3.8, 4) is 5.75 Å². The number of ether oxygens (including phenoxy) is 1. The summed E-state index contributed by atoms with van der Waals surface area (Å²) in [7, 11) is 0. The van der Waals surface area contributed by atoms with E-state index in [-0.39, 0.29) is 23.2 Å². The molecular weight excluding hydrogens is 368 g/mol. The van der Waals surface area contributed by atoms with Crippen molar-refractivity contribution in [3.05, 3.63) is 76.3 Å². The molecule has 0 aliphatic carbocycles. The van der Waals surface area contributed by atoms with Crippen molar-refractivity contribution in [2.24, 2.45) is 0 Å². The van der Waals surface area contributed by atoms with Crippen molar-refractivity contribution in [1.29, 1.82) is 0 Å². The molecule has 128 valence electrons. The number of aromatic nitrogens is 2. The van der Waals surface area contributed by atoms with Crippen LogP contribution in [0.15, 0.2) is 54.7 Å². The Labute approximate surface area is 152 Å². The van der Waals surface area contributed by atoms with Crippen LogP contribution in [0.1, 0.15) is 10.5 Å². The van der Waals surface area contributed by atoms with E-state index in [1.54, 1.807) is 36.5 Å². The van der Waals surface area contributed by atoms with Gasteiger partial charge in [0, 0.05) is 6.20 Å². The molecule has 0 aliphatic rings. The van der Waals surface area contributed by atoms with Crippen LogP contribution in [0.5, 0.6) is 5.75 Å². The van der Waals surface area contributed by atoms with Crippen molar-refractivity contribution in [1.82, 2.24) is 9.78 Å². The molecule has 0 spiro atoms. The predicted octanol–water partition coefficient (Wildman–Crippen LogP) is 4.62. The lowest BCUT2D eigenvalue weighted by molar-refractivity contribution is 0.102. The minimum Gasteiger partial charge on any atom is -0.468 e. The smallest absolute Gasteiger partial charge is 0.276 e. The fourth-order valence-corrected chi connectivity index (χ4v) is 2.39. The number of carbonyl (C=O) groups excluding carboxylic acids is 1. The van der Waals surface area contributed by atoms with Crippen LogP contribution < -0.4 is 10.1 Å². The van der Waals surface area contributed by atoms with Gasteiger partial charge in [0.25, 0.3) is 5.91 Å². The molecule has 0 radical (unpaired) electrons. The molecule has 8 heteroatoms. The van der Waals surface area contributed by atoms with Gasteiger partial charge in [0.15, 0.2) is 24.0 Å². The van der Waals surface area contributed by atoms with E-state index in [0.717, 1.165) is 0 Å². The topological polar surface area (TPSA) is 56.2 Å². The van der Waals surface area contributed by atoms with E-state index < -0.39 is 11.7 Å². The van der Waals surface area contributed by atoms with E-state index in [1.165, 1.54) is 22.9 Å². The predicted molar refractivity (Wildman–Crippen MR) is 93.7 cm³/mol. The fraction of sp³-hybridized carbons (Fsp3) is 0.0588. The van der Waals surface area contributed by atoms with Crippen LogP contribution in [0.2, 0.25) is 10.0 Å². The van der Waals surface area contributed by atoms with Crippen molar-refractivity contribution in [2.75, 3.05) is 5.32 Å². The van der Waals surface area contributed by atoms with Gasteiger partial charge in [0.1, 0.15) is 0 Å². The second kappa shape index (κ2) is 7.55. The van der Waals surface area contributed by atoms with Gasteiger partial charge in [0.2, 0.25) is 0 Å². The summed E-state index contributed by atoms with van der Waals surface area (Å²) in [6.45, 7) is -0.0356. The van der Waals surface area contributed by atoms with Crippen LogP contribution in [0.3, 0.4) is 0 Å². The first-order valence-corrected chi connectivity index (χ1v) is 7.96. The summed E-state index contributed by atoms with van der Waals surface area (Å²) < 4.78 is 20.2. The van der Waals surface area contributed by atoms with E-state index in [0.29, 0.717) is 10.7 Å². The molecule has 3 aromatic rings. The van der Waals surface area contributed by atoms with Gasteiger partial charge in [-0.15, -0.1) is 0 Å². The first-order chi connectivity index (χ1) is 12.0. The SMILES string of the molecule is O=C(Nc1cccc(Cl)c1Cl)c1ccn(COc2ccccc2F)n1. The Morgan fingerprint density at radius 1 is 1.16 bits per heavy atom. The molecule has 25 heavy (non-hydrogen) atoms. The van der Waals surface area contributed by atoms with E-state index >= 15 is 0 Å². The Bertz CT molecular complexity index is 914. The van der Waals surface area contributed by atoms with Gasteiger partial charge in [-0.05, 0) is 30.3 Å². The van der Waals surface area contributed by atoms with Crippen molar-refractivity contribution in [3.63, 3.8) is 0 Å². The third-order valence-electron chi connectivity index (χ3n) is 3.26. The van der Waals surface area contributed by atoms with Gasteiger partial charge in [-0.25, -0.2) is 9.07 Å². The summed E-state index contributed by atoms with van der Waals surface area (Å²) in [6, 6.07) is 12.5. The summed E-state index contributed by atoms with van der Waals surface area (Å²) >= 11 is 11.9. The van der Waals surface area contributed by atoms with Crippen LogP contribution in [0, 0.1) is 5.82 Å². The highest BCUT2D eigenvalue weighted by atomic mass is 35.5. The summed E-state index contributed by atoms with van der Waals surface area (Å²) in [5.74, 6) is -0.813. The largest absolute Gasteiger partial charge is 0.468 e. The molecule has 0 atom stereocenters. The molecule has 0 saturated heterocycles. The Morgan fingerprint density at radius 3 is 2.76 bits per heavy atom. The van der Waals surface area contributed by atoms with E-state index in [1.807, 2.05) is 0 Å². The minimum absolute atomic E-state index is 0.0356. The lowest BCUT2D eigenvalue weighted by Crippen LogP contribution is -2.14. The molecule has 0 saturated carbocycles. The van der Waals surface area contributed by atoms with Crippen LogP contribution in [0.4, 0.5) is 10.1 Å². The number of nitrogens with zero attached hydrogens (tertiary/aromatic N) is 2. The number of hydrogen-bond donors (Lipinski definition) is 1. The first-order valence-electron chi connectivity index (χ1n) is 7.21. The number of carbonyl (C=O) groups is 1. The van der Waals surface area contributed by atoms with E-state index in [9.17, 15) is 9.18 Å². The summed E-state index contributed by atoms with van der Waals surface area (Å²) in [4.78, 5) is 12.2. The Kier molecular flexibility index (Phi) is 5.21. The third kappa shape index (κ3) is 4.10. The van der Waals surface area contributed by atoms with E-state index in [4.69, 9.17) is 27.9 Å². The molecule has 2 aromatic carbocycles. The standard InChI is InChI=1S/C17H12Cl2FN3O2/c18-11-4-3-6-13(16(11)19)21-17(24)14-8-9-23(22-14)10-25-15-7-2-1-5-12(15)20/h1-9H,10H2,(H,21,24). The number of halogens is 3. The van der Waals surface area contributed by atoms with Crippen molar-refractivity contribution in [2.45, 2.75) is 6.73 Å². The maximum absolute atomic E-state index is 13.5. The van der Waals surface area contributed by atoms with Crippen LogP contribution >= 0.6 is 23.2 Å². The molecule has 3 rings (SSSR count). The highest BCUT2D eigenvalue weighted by molar-refractivity contribution is 6.44. The van der Waals surface area contributed by atoms with E-state index in [2.05, 4.69) is 10.4 Å². The monoisotopic (exact) mass is 379 g/mol. The summed E-state index contributed by atoms with van der Waals surface area (Å²) in [5, 5.41) is 7.30. The van der Waals surface area contributed by atoms with Gasteiger partial charge in [-0.3, -0.25) is 4.79 Å². The van der Waals surface area contributed by atoms with Crippen LogP contribution in [-0.2, 0) is 6.73 Å². The minimum atomic E-state index is -0.469. The quantitative estimate of drug-likeness (QED) is 0.703. The van der Waals surface area contributed by atoms with Gasteiger partial charge < -0.3 is 10.1 Å². The number of benzene rings is 2. The van der Waals surface area contributed by atoms with Gasteiger partial charge in [0.05, 0.1) is 15.7 Å². The molecule has 0 bridgehead atoms. The molecule has 1 amide bonds. The normalized spacial score (nSPS) is 10.5. The van der Waals surface area contributed by atoms with Gasteiger partial charge in [-0.1, -0.05) is 41.4 Å². The molecule has 0 aliphatic heterocycles. The third-order valence-corrected chi connectivity index (χ3v) is 4.08. The molecule has 0 unspecified atom stereocenters. The number of nitrogens with one attached hydrogen (secondary N) is 1. The number of anilines is 1. The average molecular weight is 380 g/mol. The second-order valence-corrected chi connectivity index (χ2v) is 5.78. The highest BCUT2D eigenvalue weighted by Crippen LogP contribution is 2.29. The van der Waals surface area contributed by atoms with Gasteiger partial charge >= 0.3 is 0 Å². The zero-order chi connectivity index (χ0) is 17.8. The lowest BCUT2D eigenvalue weighted by atomic mass is 10.3. The second-order valence-electron chi connectivity index (χ2n) is 5.00. The van der Waals surface area contributed by atoms with Gasteiger partial charge in [-0.2, -0.15) is 5.10 Å². The number of amides is 1. The molecule has 0 fully saturated rings. The maximum atomic E-state index is 13.5. The average Bonchev–Trinajstić information content (AvgIpc) is 3.07. The Hall–Kier alpha value is -2.57. The Balaban J connectivity index is 1.65. The summed E-state index contributed by atoms with van der Waals surface area (Å²) in [5.41, 5.74) is 0.546.